The summed E-state index contributed by atoms with van der Waals surface area (Å²) < 4.78 is 0. The smallest absolute Gasteiger partial charge is 0.0582 e. The van der Waals surface area contributed by atoms with Crippen molar-refractivity contribution in [1.82, 2.24) is 0 Å². The molecule has 3 aliphatic rings. The van der Waals surface area contributed by atoms with Gasteiger partial charge in [0.25, 0.3) is 0 Å². The van der Waals surface area contributed by atoms with E-state index in [0.717, 1.165) is 25.7 Å². The Balaban J connectivity index is 2.06. The second kappa shape index (κ2) is 3.36. The fourth-order valence-electron chi connectivity index (χ4n) is 5.22. The van der Waals surface area contributed by atoms with Crippen molar-refractivity contribution in [3.8, 4) is 0 Å². The molecule has 2 N–H and O–H groups in total. The quantitative estimate of drug-likeness (QED) is 0.686. The zero-order valence-electron chi connectivity index (χ0n) is 10.9. The standard InChI is InChI=1S/C15H24O2/c1-9-11-5-4-10(8-16)15(11)6-12(13(17)7-15)14(9,2)3/h10-13,16-17H,1,4-8H2,2-3H3/t10?,11-,12+,13?,15-/m1/s1. The van der Waals surface area contributed by atoms with Crippen LogP contribution < -0.4 is 0 Å². The zero-order chi connectivity index (χ0) is 12.4. The molecule has 0 aliphatic heterocycles. The van der Waals surface area contributed by atoms with Gasteiger partial charge in [0.1, 0.15) is 0 Å². The van der Waals surface area contributed by atoms with Crippen molar-refractivity contribution in [3.05, 3.63) is 12.2 Å². The topological polar surface area (TPSA) is 40.5 Å². The largest absolute Gasteiger partial charge is 0.396 e. The Morgan fingerprint density at radius 3 is 2.65 bits per heavy atom. The van der Waals surface area contributed by atoms with E-state index in [4.69, 9.17) is 0 Å². The molecule has 3 saturated carbocycles. The first-order valence-electron chi connectivity index (χ1n) is 6.91. The van der Waals surface area contributed by atoms with E-state index in [2.05, 4.69) is 20.4 Å². The molecule has 0 aromatic carbocycles. The van der Waals surface area contributed by atoms with Crippen LogP contribution in [0.1, 0.15) is 39.5 Å². The summed E-state index contributed by atoms with van der Waals surface area (Å²) in [6.45, 7) is 9.12. The van der Waals surface area contributed by atoms with Gasteiger partial charge in [-0.1, -0.05) is 26.0 Å². The lowest BCUT2D eigenvalue weighted by Gasteiger charge is -2.48. The molecule has 3 fully saturated rings. The fourth-order valence-corrected chi connectivity index (χ4v) is 5.22. The van der Waals surface area contributed by atoms with E-state index < -0.39 is 0 Å². The molecule has 0 aromatic rings. The highest BCUT2D eigenvalue weighted by molar-refractivity contribution is 5.28. The van der Waals surface area contributed by atoms with Gasteiger partial charge >= 0.3 is 0 Å². The number of aliphatic hydroxyl groups excluding tert-OH is 2. The van der Waals surface area contributed by atoms with Gasteiger partial charge in [0.2, 0.25) is 0 Å². The van der Waals surface area contributed by atoms with Gasteiger partial charge in [0, 0.05) is 6.61 Å². The molecule has 0 radical (unpaired) electrons. The van der Waals surface area contributed by atoms with Crippen LogP contribution in [0, 0.1) is 28.6 Å². The van der Waals surface area contributed by atoms with E-state index in [1.165, 1.54) is 5.57 Å². The van der Waals surface area contributed by atoms with Crippen LogP contribution >= 0.6 is 0 Å². The molecule has 2 heteroatoms. The van der Waals surface area contributed by atoms with Gasteiger partial charge in [-0.3, -0.25) is 0 Å². The third-order valence-electron chi connectivity index (χ3n) is 6.36. The predicted octanol–water partition coefficient (Wildman–Crippen LogP) is 2.36. The number of fused-ring (bicyclic) bond motifs is 1. The van der Waals surface area contributed by atoms with Crippen molar-refractivity contribution < 1.29 is 10.2 Å². The molecule has 3 rings (SSSR count). The van der Waals surface area contributed by atoms with Crippen molar-refractivity contribution in [3.63, 3.8) is 0 Å². The van der Waals surface area contributed by atoms with Crippen LogP contribution in [0.5, 0.6) is 0 Å². The maximum Gasteiger partial charge on any atom is 0.0582 e. The van der Waals surface area contributed by atoms with E-state index in [1.807, 2.05) is 0 Å². The van der Waals surface area contributed by atoms with E-state index >= 15 is 0 Å². The van der Waals surface area contributed by atoms with Crippen molar-refractivity contribution in [2.75, 3.05) is 6.61 Å². The molecule has 5 atom stereocenters. The lowest BCUT2D eigenvalue weighted by atomic mass is 9.56. The molecule has 0 amide bonds. The Morgan fingerprint density at radius 2 is 2.00 bits per heavy atom. The number of hydrogen-bond acceptors (Lipinski definition) is 2. The summed E-state index contributed by atoms with van der Waals surface area (Å²) in [5, 5.41) is 20.0. The van der Waals surface area contributed by atoms with Gasteiger partial charge in [-0.2, -0.15) is 0 Å². The van der Waals surface area contributed by atoms with Crippen molar-refractivity contribution in [2.24, 2.45) is 28.6 Å². The van der Waals surface area contributed by atoms with Crippen LogP contribution in [-0.4, -0.2) is 22.9 Å². The summed E-state index contributed by atoms with van der Waals surface area (Å²) in [4.78, 5) is 0. The lowest BCUT2D eigenvalue weighted by molar-refractivity contribution is 0.0460. The summed E-state index contributed by atoms with van der Waals surface area (Å²) in [5.41, 5.74) is 1.57. The highest BCUT2D eigenvalue weighted by Gasteiger charge is 2.64. The number of allylic oxidation sites excluding steroid dienone is 1. The molecule has 17 heavy (non-hydrogen) atoms. The highest BCUT2D eigenvalue weighted by Crippen LogP contribution is 2.69. The Bertz CT molecular complexity index is 360. The molecular formula is C15H24O2. The molecular weight excluding hydrogens is 212 g/mol. The molecule has 96 valence electrons. The molecule has 0 aromatic heterocycles. The van der Waals surface area contributed by atoms with Crippen LogP contribution in [-0.2, 0) is 0 Å². The molecule has 0 heterocycles. The summed E-state index contributed by atoms with van der Waals surface area (Å²) in [5.74, 6) is 1.27. The predicted molar refractivity (Wildman–Crippen MR) is 67.4 cm³/mol. The highest BCUT2D eigenvalue weighted by atomic mass is 16.3. The second-order valence-corrected chi connectivity index (χ2v) is 7.07. The molecule has 2 bridgehead atoms. The molecule has 1 spiro atoms. The first-order chi connectivity index (χ1) is 7.93. The maximum absolute atomic E-state index is 10.4. The third kappa shape index (κ3) is 1.23. The maximum atomic E-state index is 10.4. The van der Waals surface area contributed by atoms with Crippen LogP contribution in [0.3, 0.4) is 0 Å². The minimum absolute atomic E-state index is 0.0639. The number of hydrogen-bond donors (Lipinski definition) is 2. The fraction of sp³-hybridized carbons (Fsp3) is 0.867. The SMILES string of the molecule is C=C1[C@H]2CCC(CO)[C@@]23CC(O)[C@H](C3)C1(C)C. The van der Waals surface area contributed by atoms with E-state index in [-0.39, 0.29) is 23.5 Å². The van der Waals surface area contributed by atoms with Gasteiger partial charge in [-0.25, -0.2) is 0 Å². The third-order valence-corrected chi connectivity index (χ3v) is 6.36. The summed E-state index contributed by atoms with van der Waals surface area (Å²) in [6.07, 6.45) is 4.05. The van der Waals surface area contributed by atoms with Crippen molar-refractivity contribution in [1.29, 1.82) is 0 Å². The molecule has 2 nitrogen and oxygen atoms in total. The Morgan fingerprint density at radius 1 is 1.29 bits per heavy atom. The van der Waals surface area contributed by atoms with Gasteiger partial charge < -0.3 is 10.2 Å². The summed E-state index contributed by atoms with van der Waals surface area (Å²) >= 11 is 0. The average Bonchev–Trinajstić information content (AvgIpc) is 2.78. The monoisotopic (exact) mass is 236 g/mol. The minimum atomic E-state index is -0.195. The lowest BCUT2D eigenvalue weighted by Crippen LogP contribution is -2.42. The average molecular weight is 236 g/mol. The molecule has 2 unspecified atom stereocenters. The van der Waals surface area contributed by atoms with Crippen LogP contribution in [0.2, 0.25) is 0 Å². The second-order valence-electron chi connectivity index (χ2n) is 7.07. The summed E-state index contributed by atoms with van der Waals surface area (Å²) in [7, 11) is 0. The number of rotatable bonds is 1. The van der Waals surface area contributed by atoms with E-state index in [0.29, 0.717) is 17.8 Å². The van der Waals surface area contributed by atoms with E-state index in [9.17, 15) is 10.2 Å². The minimum Gasteiger partial charge on any atom is -0.396 e. The summed E-state index contributed by atoms with van der Waals surface area (Å²) in [6, 6.07) is 0. The molecule has 0 saturated heterocycles. The van der Waals surface area contributed by atoms with Gasteiger partial charge in [-0.05, 0) is 54.3 Å². The van der Waals surface area contributed by atoms with Crippen LogP contribution in [0.25, 0.3) is 0 Å². The van der Waals surface area contributed by atoms with Gasteiger partial charge in [0.15, 0.2) is 0 Å². The van der Waals surface area contributed by atoms with Gasteiger partial charge in [-0.15, -0.1) is 0 Å². The molecule has 3 aliphatic carbocycles. The number of aliphatic hydroxyl groups is 2. The van der Waals surface area contributed by atoms with Gasteiger partial charge in [0.05, 0.1) is 6.10 Å². The Hall–Kier alpha value is -0.340. The van der Waals surface area contributed by atoms with Crippen molar-refractivity contribution >= 4 is 0 Å². The van der Waals surface area contributed by atoms with Crippen molar-refractivity contribution in [2.45, 2.75) is 45.6 Å². The Labute approximate surface area is 104 Å². The normalized spacial score (nSPS) is 51.6. The van der Waals surface area contributed by atoms with E-state index in [1.54, 1.807) is 0 Å². The first kappa shape index (κ1) is 11.7. The zero-order valence-corrected chi connectivity index (χ0v) is 10.9. The van der Waals surface area contributed by atoms with Crippen LogP contribution in [0.4, 0.5) is 0 Å². The first-order valence-corrected chi connectivity index (χ1v) is 6.91. The Kier molecular flexibility index (Phi) is 2.32. The van der Waals surface area contributed by atoms with Crippen LogP contribution in [0.15, 0.2) is 12.2 Å².